The molecular formula is C29H39N5O5. The van der Waals surface area contributed by atoms with E-state index in [2.05, 4.69) is 10.2 Å². The summed E-state index contributed by atoms with van der Waals surface area (Å²) in [7, 11) is 3.24. The topological polar surface area (TPSA) is 95.9 Å². The normalized spacial score (nSPS) is 17.5. The van der Waals surface area contributed by atoms with Crippen molar-refractivity contribution < 1.29 is 23.8 Å². The van der Waals surface area contributed by atoms with E-state index in [0.29, 0.717) is 45.0 Å². The molecule has 2 heterocycles. The molecule has 1 N–H and O–H groups in total. The lowest BCUT2D eigenvalue weighted by Gasteiger charge is -2.31. The van der Waals surface area contributed by atoms with Crippen molar-refractivity contribution in [2.75, 3.05) is 66.7 Å². The second-order valence-electron chi connectivity index (χ2n) is 9.59. The van der Waals surface area contributed by atoms with Crippen LogP contribution in [0.3, 0.4) is 0 Å². The highest BCUT2D eigenvalue weighted by molar-refractivity contribution is 6.03. The average molecular weight is 538 g/mol. The van der Waals surface area contributed by atoms with Crippen molar-refractivity contribution in [2.45, 2.75) is 25.8 Å². The molecule has 210 valence electrons. The van der Waals surface area contributed by atoms with Crippen molar-refractivity contribution in [3.63, 3.8) is 0 Å². The Kier molecular flexibility index (Phi) is 10.2. The molecule has 2 aromatic carbocycles. The van der Waals surface area contributed by atoms with Crippen molar-refractivity contribution in [3.8, 4) is 11.5 Å². The zero-order valence-corrected chi connectivity index (χ0v) is 23.1. The van der Waals surface area contributed by atoms with Crippen molar-refractivity contribution in [2.24, 2.45) is 5.10 Å². The second-order valence-corrected chi connectivity index (χ2v) is 9.59. The van der Waals surface area contributed by atoms with Crippen LogP contribution in [0.2, 0.25) is 0 Å². The summed E-state index contributed by atoms with van der Waals surface area (Å²) in [6, 6.07) is 14.7. The van der Waals surface area contributed by atoms with Crippen molar-refractivity contribution in [1.82, 2.24) is 20.1 Å². The maximum atomic E-state index is 13.9. The molecule has 10 nitrogen and oxygen atoms in total. The van der Waals surface area contributed by atoms with Gasteiger partial charge in [-0.15, -0.1) is 0 Å². The van der Waals surface area contributed by atoms with Gasteiger partial charge in [-0.2, -0.15) is 5.10 Å². The van der Waals surface area contributed by atoms with Crippen LogP contribution in [0.15, 0.2) is 53.6 Å². The zero-order chi connectivity index (χ0) is 27.6. The van der Waals surface area contributed by atoms with E-state index >= 15 is 0 Å². The zero-order valence-electron chi connectivity index (χ0n) is 23.1. The fourth-order valence-corrected chi connectivity index (χ4v) is 4.82. The number of ether oxygens (including phenoxy) is 3. The van der Waals surface area contributed by atoms with Gasteiger partial charge in [0.2, 0.25) is 0 Å². The maximum Gasteiger partial charge on any atom is 0.317 e. The Morgan fingerprint density at radius 1 is 1.10 bits per heavy atom. The van der Waals surface area contributed by atoms with E-state index in [9.17, 15) is 9.59 Å². The predicted molar refractivity (Wildman–Crippen MR) is 149 cm³/mol. The van der Waals surface area contributed by atoms with Crippen LogP contribution in [-0.2, 0) is 9.53 Å². The summed E-state index contributed by atoms with van der Waals surface area (Å²) < 4.78 is 16.5. The SMILES string of the molecule is CCCNC(=O)N(CCN1CCOCC1)CC(=O)N1N=C(c2cccc(OC)c2)C[C@@H]1c1ccccc1OC. The Morgan fingerprint density at radius 3 is 2.64 bits per heavy atom. The number of rotatable bonds is 11. The first-order valence-electron chi connectivity index (χ1n) is 13.5. The lowest BCUT2D eigenvalue weighted by atomic mass is 9.97. The third-order valence-corrected chi connectivity index (χ3v) is 7.00. The number of carbonyl (C=O) groups excluding carboxylic acids is 2. The molecule has 0 bridgehead atoms. The van der Waals surface area contributed by atoms with Gasteiger partial charge in [-0.1, -0.05) is 37.3 Å². The predicted octanol–water partition coefficient (Wildman–Crippen LogP) is 3.14. The number of morpholine rings is 1. The number of hydrazone groups is 1. The van der Waals surface area contributed by atoms with E-state index in [1.807, 2.05) is 55.5 Å². The van der Waals surface area contributed by atoms with Crippen LogP contribution in [0.4, 0.5) is 4.79 Å². The fraction of sp³-hybridized carbons (Fsp3) is 0.483. The molecule has 0 aliphatic carbocycles. The van der Waals surface area contributed by atoms with Gasteiger partial charge in [0.1, 0.15) is 18.0 Å². The Bertz CT molecular complexity index is 1150. The van der Waals surface area contributed by atoms with Gasteiger partial charge in [0.05, 0.1) is 39.2 Å². The third-order valence-electron chi connectivity index (χ3n) is 7.00. The highest BCUT2D eigenvalue weighted by Gasteiger charge is 2.36. The fourth-order valence-electron chi connectivity index (χ4n) is 4.82. The number of nitrogens with zero attached hydrogens (tertiary/aromatic N) is 4. The Labute approximate surface area is 230 Å². The van der Waals surface area contributed by atoms with E-state index in [0.717, 1.165) is 42.1 Å². The molecule has 0 radical (unpaired) electrons. The van der Waals surface area contributed by atoms with Gasteiger partial charge in [0, 0.05) is 50.3 Å². The van der Waals surface area contributed by atoms with Crippen LogP contribution in [0.5, 0.6) is 11.5 Å². The minimum atomic E-state index is -0.366. The average Bonchev–Trinajstić information content (AvgIpc) is 3.44. The van der Waals surface area contributed by atoms with Crippen LogP contribution in [0.25, 0.3) is 0 Å². The van der Waals surface area contributed by atoms with E-state index in [1.54, 1.807) is 19.1 Å². The largest absolute Gasteiger partial charge is 0.497 e. The van der Waals surface area contributed by atoms with Gasteiger partial charge < -0.3 is 24.4 Å². The van der Waals surface area contributed by atoms with Crippen LogP contribution in [0, 0.1) is 0 Å². The van der Waals surface area contributed by atoms with Gasteiger partial charge >= 0.3 is 6.03 Å². The van der Waals surface area contributed by atoms with Crippen LogP contribution in [0.1, 0.15) is 36.9 Å². The first-order chi connectivity index (χ1) is 19.0. The minimum absolute atomic E-state index is 0.0829. The van der Waals surface area contributed by atoms with Gasteiger partial charge in [-0.25, -0.2) is 9.80 Å². The molecule has 4 rings (SSSR count). The quantitative estimate of drug-likeness (QED) is 0.473. The van der Waals surface area contributed by atoms with Gasteiger partial charge in [0.15, 0.2) is 0 Å². The summed E-state index contributed by atoms with van der Waals surface area (Å²) in [4.78, 5) is 30.8. The molecule has 2 aromatic rings. The van der Waals surface area contributed by atoms with Gasteiger partial charge in [-0.3, -0.25) is 9.69 Å². The Hall–Kier alpha value is -3.63. The number of amides is 3. The highest BCUT2D eigenvalue weighted by Crippen LogP contribution is 2.37. The smallest absolute Gasteiger partial charge is 0.317 e. The number of carbonyl (C=O) groups is 2. The van der Waals surface area contributed by atoms with Gasteiger partial charge in [-0.05, 0) is 24.6 Å². The number of methoxy groups -OCH3 is 2. The summed E-state index contributed by atoms with van der Waals surface area (Å²) in [5.74, 6) is 1.15. The maximum absolute atomic E-state index is 13.9. The second kappa shape index (κ2) is 14.0. The van der Waals surface area contributed by atoms with Crippen molar-refractivity contribution in [3.05, 3.63) is 59.7 Å². The first kappa shape index (κ1) is 28.4. The van der Waals surface area contributed by atoms with E-state index in [-0.39, 0.29) is 24.5 Å². The summed E-state index contributed by atoms with van der Waals surface area (Å²) in [6.45, 7) is 6.55. The molecule has 1 atom stereocenters. The first-order valence-corrected chi connectivity index (χ1v) is 13.5. The van der Waals surface area contributed by atoms with Gasteiger partial charge in [0.25, 0.3) is 5.91 Å². The van der Waals surface area contributed by atoms with E-state index in [1.165, 1.54) is 5.01 Å². The van der Waals surface area contributed by atoms with E-state index in [4.69, 9.17) is 19.3 Å². The number of nitrogens with one attached hydrogen (secondary N) is 1. The highest BCUT2D eigenvalue weighted by atomic mass is 16.5. The lowest BCUT2D eigenvalue weighted by molar-refractivity contribution is -0.133. The Balaban J connectivity index is 1.59. The Morgan fingerprint density at radius 2 is 1.90 bits per heavy atom. The number of benzene rings is 2. The molecule has 1 saturated heterocycles. The standard InChI is InChI=1S/C29H39N5O5/c1-4-12-30-29(36)33(14-13-32-15-17-39-18-16-32)21-28(35)34-26(24-10-5-6-11-27(24)38-3)20-25(31-34)22-8-7-9-23(19-22)37-2/h5-11,19,26H,4,12-18,20-21H2,1-3H3,(H,30,36)/t26-/m1/s1. The van der Waals surface area contributed by atoms with Crippen LogP contribution >= 0.6 is 0 Å². The summed E-state index contributed by atoms with van der Waals surface area (Å²) in [6.07, 6.45) is 1.32. The van der Waals surface area contributed by atoms with Crippen molar-refractivity contribution in [1.29, 1.82) is 0 Å². The number of para-hydroxylation sites is 1. The monoisotopic (exact) mass is 537 g/mol. The molecule has 0 aromatic heterocycles. The molecule has 3 amide bonds. The summed E-state index contributed by atoms with van der Waals surface area (Å²) in [5, 5.41) is 9.24. The number of hydrogen-bond acceptors (Lipinski definition) is 7. The molecular weight excluding hydrogens is 498 g/mol. The summed E-state index contributed by atoms with van der Waals surface area (Å²) in [5.41, 5.74) is 2.52. The third kappa shape index (κ3) is 7.27. The molecule has 10 heteroatoms. The minimum Gasteiger partial charge on any atom is -0.497 e. The molecule has 0 spiro atoms. The molecule has 39 heavy (non-hydrogen) atoms. The molecule has 2 aliphatic heterocycles. The molecule has 1 fully saturated rings. The number of hydrogen-bond donors (Lipinski definition) is 1. The molecule has 0 saturated carbocycles. The molecule has 2 aliphatic rings. The molecule has 0 unspecified atom stereocenters. The van der Waals surface area contributed by atoms with Crippen LogP contribution in [-0.4, -0.2) is 99.2 Å². The van der Waals surface area contributed by atoms with E-state index < -0.39 is 0 Å². The van der Waals surface area contributed by atoms with Crippen molar-refractivity contribution >= 4 is 17.6 Å². The number of urea groups is 1. The summed E-state index contributed by atoms with van der Waals surface area (Å²) >= 11 is 0. The lowest BCUT2D eigenvalue weighted by Crippen LogP contribution is -2.49. The van der Waals surface area contributed by atoms with Crippen LogP contribution < -0.4 is 14.8 Å².